The van der Waals surface area contributed by atoms with Gasteiger partial charge in [-0.15, -0.1) is 0 Å². The molecule has 2 N–H and O–H groups in total. The minimum absolute atomic E-state index is 0.108. The monoisotopic (exact) mass is 362 g/mol. The molecule has 2 nitrogen and oxygen atoms in total. The topological polar surface area (TPSA) is 40.5 Å². The number of hydrogen-bond donors (Lipinski definition) is 2. The van der Waals surface area contributed by atoms with Crippen LogP contribution in [-0.2, 0) is 12.8 Å². The Bertz CT molecular complexity index is 949. The normalized spacial score (nSPS) is 21.6. The Morgan fingerprint density at radius 3 is 2.37 bits per heavy atom. The molecule has 3 unspecified atom stereocenters. The van der Waals surface area contributed by atoms with Crippen molar-refractivity contribution in [3.05, 3.63) is 94.8 Å². The van der Waals surface area contributed by atoms with Gasteiger partial charge in [-0.25, -0.2) is 4.39 Å². The van der Waals surface area contributed by atoms with Crippen LogP contribution >= 0.6 is 0 Å². The highest BCUT2D eigenvalue weighted by Gasteiger charge is 2.35. The number of rotatable bonds is 3. The maximum Gasteiger partial charge on any atom is 0.126 e. The molecule has 0 radical (unpaired) electrons. The van der Waals surface area contributed by atoms with Crippen molar-refractivity contribution in [3.63, 3.8) is 0 Å². The first-order chi connectivity index (χ1) is 13.0. The predicted octanol–water partition coefficient (Wildman–Crippen LogP) is 5.54. The van der Waals surface area contributed by atoms with Crippen LogP contribution < -0.4 is 0 Å². The fourth-order valence-electron chi connectivity index (χ4n) is 4.44. The fraction of sp³-hybridized carbons (Fsp3) is 0.250. The first-order valence-corrected chi connectivity index (χ1v) is 9.37. The Labute approximate surface area is 158 Å². The summed E-state index contributed by atoms with van der Waals surface area (Å²) in [6, 6.07) is 19.9. The van der Waals surface area contributed by atoms with Gasteiger partial charge in [-0.3, -0.25) is 0 Å². The maximum absolute atomic E-state index is 14.3. The van der Waals surface area contributed by atoms with Crippen molar-refractivity contribution in [1.29, 1.82) is 0 Å². The van der Waals surface area contributed by atoms with Gasteiger partial charge in [0.2, 0.25) is 0 Å². The smallest absolute Gasteiger partial charge is 0.126 e. The molecule has 0 fully saturated rings. The van der Waals surface area contributed by atoms with Gasteiger partial charge in [0, 0.05) is 0 Å². The Morgan fingerprint density at radius 2 is 1.63 bits per heavy atom. The van der Waals surface area contributed by atoms with E-state index in [0.29, 0.717) is 12.0 Å². The molecular formula is C24H23FO2. The van der Waals surface area contributed by atoms with Crippen molar-refractivity contribution in [2.24, 2.45) is 5.92 Å². The summed E-state index contributed by atoms with van der Waals surface area (Å²) in [4.78, 5) is 0. The minimum atomic E-state index is -0.182. The third kappa shape index (κ3) is 3.42. The van der Waals surface area contributed by atoms with Crippen LogP contribution in [0.3, 0.4) is 0 Å². The summed E-state index contributed by atoms with van der Waals surface area (Å²) in [6.07, 6.45) is 1.47. The number of benzene rings is 3. The molecule has 1 aliphatic carbocycles. The van der Waals surface area contributed by atoms with Crippen LogP contribution in [0.5, 0.6) is 11.5 Å². The lowest BCUT2D eigenvalue weighted by Crippen LogP contribution is -2.28. The highest BCUT2D eigenvalue weighted by molar-refractivity contribution is 5.43. The molecule has 0 saturated heterocycles. The van der Waals surface area contributed by atoms with Crippen LogP contribution in [0, 0.1) is 11.7 Å². The zero-order valence-corrected chi connectivity index (χ0v) is 15.3. The van der Waals surface area contributed by atoms with Gasteiger partial charge in [-0.05, 0) is 83.2 Å². The summed E-state index contributed by atoms with van der Waals surface area (Å²) in [7, 11) is 0. The molecule has 27 heavy (non-hydrogen) atoms. The van der Waals surface area contributed by atoms with Gasteiger partial charge < -0.3 is 10.2 Å². The predicted molar refractivity (Wildman–Crippen MR) is 105 cm³/mol. The Hall–Kier alpha value is -2.81. The van der Waals surface area contributed by atoms with E-state index in [4.69, 9.17) is 0 Å². The molecule has 0 spiro atoms. The summed E-state index contributed by atoms with van der Waals surface area (Å²) >= 11 is 0. The Balaban J connectivity index is 1.76. The number of phenols is 2. The van der Waals surface area contributed by atoms with Gasteiger partial charge in [0.05, 0.1) is 0 Å². The van der Waals surface area contributed by atoms with Gasteiger partial charge in [0.15, 0.2) is 0 Å². The second kappa shape index (κ2) is 7.07. The number of aromatic hydroxyl groups is 2. The van der Waals surface area contributed by atoms with Crippen LogP contribution in [0.15, 0.2) is 66.7 Å². The zero-order chi connectivity index (χ0) is 19.0. The maximum atomic E-state index is 14.3. The van der Waals surface area contributed by atoms with Crippen LogP contribution in [0.1, 0.15) is 41.0 Å². The van der Waals surface area contributed by atoms with Gasteiger partial charge >= 0.3 is 0 Å². The minimum Gasteiger partial charge on any atom is -0.508 e. The SMILES string of the molecule is CC1C(c2ccc(O)cc2)Cc2ccc(O)cc2C1Cc1ccccc1F. The lowest BCUT2D eigenvalue weighted by atomic mass is 9.66. The average Bonchev–Trinajstić information content (AvgIpc) is 2.66. The molecule has 1 aliphatic rings. The van der Waals surface area contributed by atoms with Crippen molar-refractivity contribution in [1.82, 2.24) is 0 Å². The lowest BCUT2D eigenvalue weighted by Gasteiger charge is -2.38. The third-order valence-corrected chi connectivity index (χ3v) is 5.96. The molecule has 3 aromatic carbocycles. The summed E-state index contributed by atoms with van der Waals surface area (Å²) < 4.78 is 14.3. The molecule has 3 aromatic rings. The first-order valence-electron chi connectivity index (χ1n) is 9.37. The summed E-state index contributed by atoms with van der Waals surface area (Å²) in [5.74, 6) is 0.982. The van der Waals surface area contributed by atoms with E-state index in [1.165, 1.54) is 17.2 Å². The molecule has 3 atom stereocenters. The lowest BCUT2D eigenvalue weighted by molar-refractivity contribution is 0.344. The highest BCUT2D eigenvalue weighted by Crippen LogP contribution is 2.47. The van der Waals surface area contributed by atoms with Gasteiger partial charge in [0.1, 0.15) is 17.3 Å². The van der Waals surface area contributed by atoms with Gasteiger partial charge in [0.25, 0.3) is 0 Å². The molecular weight excluding hydrogens is 339 g/mol. The van der Waals surface area contributed by atoms with Crippen molar-refractivity contribution in [3.8, 4) is 11.5 Å². The van der Waals surface area contributed by atoms with Crippen LogP contribution in [0.2, 0.25) is 0 Å². The molecule has 0 aliphatic heterocycles. The van der Waals surface area contributed by atoms with E-state index in [2.05, 4.69) is 6.92 Å². The number of fused-ring (bicyclic) bond motifs is 1. The van der Waals surface area contributed by atoms with E-state index in [9.17, 15) is 14.6 Å². The van der Waals surface area contributed by atoms with Gasteiger partial charge in [-0.2, -0.15) is 0 Å². The van der Waals surface area contributed by atoms with Crippen molar-refractivity contribution < 1.29 is 14.6 Å². The van der Waals surface area contributed by atoms with E-state index in [1.54, 1.807) is 24.3 Å². The van der Waals surface area contributed by atoms with E-state index >= 15 is 0 Å². The second-order valence-electron chi connectivity index (χ2n) is 7.55. The number of phenolic OH excluding ortho intramolecular Hbond substituents is 2. The number of hydrogen-bond acceptors (Lipinski definition) is 2. The van der Waals surface area contributed by atoms with E-state index in [-0.39, 0.29) is 35.1 Å². The largest absolute Gasteiger partial charge is 0.508 e. The van der Waals surface area contributed by atoms with Crippen molar-refractivity contribution in [2.75, 3.05) is 0 Å². The molecule has 0 saturated carbocycles. The highest BCUT2D eigenvalue weighted by atomic mass is 19.1. The third-order valence-electron chi connectivity index (χ3n) is 5.96. The summed E-state index contributed by atoms with van der Waals surface area (Å²) in [5, 5.41) is 19.6. The molecule has 3 heteroatoms. The van der Waals surface area contributed by atoms with Crippen LogP contribution in [0.25, 0.3) is 0 Å². The van der Waals surface area contributed by atoms with Crippen LogP contribution in [0.4, 0.5) is 4.39 Å². The van der Waals surface area contributed by atoms with E-state index in [1.807, 2.05) is 36.4 Å². The summed E-state index contributed by atoms with van der Waals surface area (Å²) in [5.41, 5.74) is 4.19. The Morgan fingerprint density at radius 1 is 0.926 bits per heavy atom. The quantitative estimate of drug-likeness (QED) is 0.642. The molecule has 4 rings (SSSR count). The standard InChI is InChI=1S/C24H23FO2/c1-15-21(16-6-9-19(26)10-7-16)12-17-8-11-20(27)14-23(17)22(15)13-18-4-2-3-5-24(18)25/h2-11,14-15,21-22,26-27H,12-13H2,1H3. The van der Waals surface area contributed by atoms with Gasteiger partial charge in [-0.1, -0.05) is 43.3 Å². The zero-order valence-electron chi connectivity index (χ0n) is 15.3. The first kappa shape index (κ1) is 17.6. The fourth-order valence-corrected chi connectivity index (χ4v) is 4.44. The van der Waals surface area contributed by atoms with Crippen LogP contribution in [-0.4, -0.2) is 10.2 Å². The molecule has 0 amide bonds. The van der Waals surface area contributed by atoms with Crippen molar-refractivity contribution in [2.45, 2.75) is 31.6 Å². The average molecular weight is 362 g/mol. The number of halogens is 1. The van der Waals surface area contributed by atoms with E-state index < -0.39 is 0 Å². The Kier molecular flexibility index (Phi) is 4.61. The second-order valence-corrected chi connectivity index (χ2v) is 7.55. The molecule has 0 bridgehead atoms. The molecule has 138 valence electrons. The van der Waals surface area contributed by atoms with E-state index in [0.717, 1.165) is 12.0 Å². The molecule has 0 heterocycles. The molecule has 0 aromatic heterocycles. The summed E-state index contributed by atoms with van der Waals surface area (Å²) in [6.45, 7) is 2.20. The van der Waals surface area contributed by atoms with Crippen molar-refractivity contribution >= 4 is 0 Å².